The minimum Gasteiger partial charge on any atom is -0.491 e. The topological polar surface area (TPSA) is 40.5 Å². The maximum atomic E-state index is 11.9. The molecule has 0 N–H and O–H groups in total. The average molecular weight is 440 g/mol. The van der Waals surface area contributed by atoms with Crippen LogP contribution < -0.4 is 10.3 Å². The summed E-state index contributed by atoms with van der Waals surface area (Å²) in [5, 5.41) is 0. The average Bonchev–Trinajstić information content (AvgIpc) is 2.47. The number of hydrogen-bond donors (Lipinski definition) is 0. The normalized spacial score (nSPS) is 10.1. The molecule has 1 aromatic carbocycles. The second-order valence-electron chi connectivity index (χ2n) is 4.39. The van der Waals surface area contributed by atoms with Crippen LogP contribution in [-0.2, 0) is 44.0 Å². The van der Waals surface area contributed by atoms with Crippen LogP contribution in [0.1, 0.15) is 6.92 Å². The number of hydrogen-bond acceptors (Lipinski definition) is 3. The van der Waals surface area contributed by atoms with Crippen LogP contribution in [0.2, 0.25) is 0 Å². The molecule has 1 heterocycles. The molecule has 1 radical (unpaired) electrons. The Morgan fingerprint density at radius 3 is 2.68 bits per heavy atom. The minimum absolute atomic E-state index is 0. The molecule has 0 aliphatic heterocycles. The van der Waals surface area contributed by atoms with Crippen molar-refractivity contribution in [2.75, 3.05) is 20.3 Å². The first kappa shape index (κ1) is 19.6. The predicted octanol–water partition coefficient (Wildman–Crippen LogP) is 3.12. The third-order valence-electron chi connectivity index (χ3n) is 3.05. The van der Waals surface area contributed by atoms with Crippen LogP contribution in [0.25, 0.3) is 11.3 Å². The minimum atomic E-state index is -0.0291. The van der Waals surface area contributed by atoms with Gasteiger partial charge >= 0.3 is 0 Å². The fraction of sp³-hybridized carbons (Fsp3) is 0.312. The molecular weight excluding hydrogens is 423 g/mol. The molecule has 0 fully saturated rings. The van der Waals surface area contributed by atoms with Crippen LogP contribution in [0.5, 0.6) is 5.75 Å². The van der Waals surface area contributed by atoms with E-state index in [1.807, 2.05) is 25.1 Å². The van der Waals surface area contributed by atoms with Gasteiger partial charge in [-0.1, -0.05) is 33.3 Å². The van der Waals surface area contributed by atoms with Gasteiger partial charge in [-0.2, -0.15) is 12.1 Å². The quantitative estimate of drug-likeness (QED) is 0.512. The monoisotopic (exact) mass is 439 g/mol. The standard InChI is InChI=1S/C16H17BrNO3.Y/c1-3-18-15(5-4-6-16(18)19)13-8-7-12(11-14(13)17)21-10-9-20-2;/h4,6-8,11H,3,9-10H2,1-2H3;/q-1;. The van der Waals surface area contributed by atoms with Crippen molar-refractivity contribution in [1.82, 2.24) is 4.57 Å². The Labute approximate surface area is 163 Å². The van der Waals surface area contributed by atoms with Crippen molar-refractivity contribution in [3.8, 4) is 17.0 Å². The van der Waals surface area contributed by atoms with Gasteiger partial charge in [0, 0.05) is 46.4 Å². The number of nitrogens with zero attached hydrogens (tertiary/aromatic N) is 1. The zero-order chi connectivity index (χ0) is 15.2. The van der Waals surface area contributed by atoms with E-state index in [-0.39, 0.29) is 38.3 Å². The van der Waals surface area contributed by atoms with Crippen molar-refractivity contribution in [1.29, 1.82) is 0 Å². The molecule has 0 amide bonds. The molecule has 2 aromatic rings. The van der Waals surface area contributed by atoms with E-state index >= 15 is 0 Å². The Bertz CT molecular complexity index is 673. The zero-order valence-corrected chi connectivity index (χ0v) is 17.1. The van der Waals surface area contributed by atoms with E-state index in [9.17, 15) is 4.79 Å². The molecular formula is C16H17BrNO3Y-. The predicted molar refractivity (Wildman–Crippen MR) is 85.7 cm³/mol. The Morgan fingerprint density at radius 1 is 1.27 bits per heavy atom. The van der Waals surface area contributed by atoms with Crippen molar-refractivity contribution in [3.63, 3.8) is 0 Å². The molecule has 0 bridgehead atoms. The Hall–Kier alpha value is -0.486. The smallest absolute Gasteiger partial charge is 0.194 e. The van der Waals surface area contributed by atoms with Gasteiger partial charge in [-0.15, -0.1) is 6.07 Å². The molecule has 0 aliphatic carbocycles. The van der Waals surface area contributed by atoms with Gasteiger partial charge in [-0.3, -0.25) is 4.79 Å². The molecule has 1 aromatic heterocycles. The molecule has 0 aliphatic rings. The molecule has 22 heavy (non-hydrogen) atoms. The first-order chi connectivity index (χ1) is 10.2. The summed E-state index contributed by atoms with van der Waals surface area (Å²) in [6.07, 6.45) is 0. The summed E-state index contributed by atoms with van der Waals surface area (Å²) in [5.41, 5.74) is 1.65. The van der Waals surface area contributed by atoms with E-state index in [1.165, 1.54) is 6.07 Å². The van der Waals surface area contributed by atoms with E-state index < -0.39 is 0 Å². The first-order valence-electron chi connectivity index (χ1n) is 6.70. The van der Waals surface area contributed by atoms with Crippen LogP contribution in [0.15, 0.2) is 39.6 Å². The Kier molecular flexibility index (Phi) is 8.54. The SMILES string of the molecule is CCn1c(-c2ccc(OCCOC)cc2Br)[c-]ccc1=O.[Y]. The third-order valence-corrected chi connectivity index (χ3v) is 3.71. The van der Waals surface area contributed by atoms with Gasteiger partial charge in [-0.25, -0.2) is 0 Å². The Balaban J connectivity index is 0.00000242. The van der Waals surface area contributed by atoms with Gasteiger partial charge in [0.2, 0.25) is 0 Å². The number of methoxy groups -OCH3 is 1. The largest absolute Gasteiger partial charge is 0.491 e. The first-order valence-corrected chi connectivity index (χ1v) is 7.50. The van der Waals surface area contributed by atoms with Gasteiger partial charge in [-0.05, 0) is 23.5 Å². The Morgan fingerprint density at radius 2 is 2.05 bits per heavy atom. The number of pyridine rings is 1. The molecule has 4 nitrogen and oxygen atoms in total. The summed E-state index contributed by atoms with van der Waals surface area (Å²) in [6, 6.07) is 12.0. The van der Waals surface area contributed by atoms with Crippen LogP contribution >= 0.6 is 15.9 Å². The van der Waals surface area contributed by atoms with Crippen LogP contribution in [-0.4, -0.2) is 24.9 Å². The molecule has 6 heteroatoms. The fourth-order valence-electron chi connectivity index (χ4n) is 2.03. The van der Waals surface area contributed by atoms with E-state index in [0.717, 1.165) is 21.5 Å². The molecule has 0 unspecified atom stereocenters. The summed E-state index contributed by atoms with van der Waals surface area (Å²) in [7, 11) is 1.64. The van der Waals surface area contributed by atoms with E-state index in [2.05, 4.69) is 22.0 Å². The summed E-state index contributed by atoms with van der Waals surface area (Å²) < 4.78 is 13.1. The van der Waals surface area contributed by atoms with E-state index in [1.54, 1.807) is 17.7 Å². The molecule has 0 spiro atoms. The summed E-state index contributed by atoms with van der Waals surface area (Å²) in [6.45, 7) is 3.58. The van der Waals surface area contributed by atoms with E-state index in [4.69, 9.17) is 9.47 Å². The number of ether oxygens (including phenoxy) is 2. The van der Waals surface area contributed by atoms with Crippen LogP contribution in [0.3, 0.4) is 0 Å². The van der Waals surface area contributed by atoms with Crippen molar-refractivity contribution >= 4 is 15.9 Å². The number of rotatable bonds is 6. The summed E-state index contributed by atoms with van der Waals surface area (Å²) in [5.74, 6) is 0.754. The zero-order valence-electron chi connectivity index (χ0n) is 12.6. The summed E-state index contributed by atoms with van der Waals surface area (Å²) >= 11 is 3.53. The molecule has 0 saturated carbocycles. The second-order valence-corrected chi connectivity index (χ2v) is 5.25. The van der Waals surface area contributed by atoms with Crippen LogP contribution in [0.4, 0.5) is 0 Å². The van der Waals surface area contributed by atoms with Crippen LogP contribution in [0, 0.1) is 6.07 Å². The van der Waals surface area contributed by atoms with Crippen molar-refractivity contribution in [2.45, 2.75) is 13.5 Å². The molecule has 0 atom stereocenters. The summed E-state index contributed by atoms with van der Waals surface area (Å²) in [4.78, 5) is 11.9. The van der Waals surface area contributed by atoms with E-state index in [0.29, 0.717) is 19.8 Å². The van der Waals surface area contributed by atoms with Gasteiger partial charge in [0.1, 0.15) is 12.4 Å². The van der Waals surface area contributed by atoms with Gasteiger partial charge in [0.15, 0.2) is 5.56 Å². The maximum absolute atomic E-state index is 11.9. The third kappa shape index (κ3) is 4.75. The van der Waals surface area contributed by atoms with Gasteiger partial charge < -0.3 is 14.0 Å². The van der Waals surface area contributed by atoms with Crippen molar-refractivity contribution < 1.29 is 42.2 Å². The second kappa shape index (κ2) is 9.61. The van der Waals surface area contributed by atoms with Crippen molar-refractivity contribution in [2.24, 2.45) is 0 Å². The maximum Gasteiger partial charge on any atom is 0.194 e. The number of aromatic nitrogens is 1. The molecule has 0 saturated heterocycles. The van der Waals surface area contributed by atoms with Gasteiger partial charge in [0.25, 0.3) is 0 Å². The molecule has 2 rings (SSSR count). The number of benzene rings is 1. The van der Waals surface area contributed by atoms with Gasteiger partial charge in [0.05, 0.1) is 6.61 Å². The number of halogens is 1. The van der Waals surface area contributed by atoms with Crippen molar-refractivity contribution in [3.05, 3.63) is 51.2 Å². The fourth-order valence-corrected chi connectivity index (χ4v) is 2.57. The molecule has 115 valence electrons.